The van der Waals surface area contributed by atoms with E-state index in [1.165, 1.54) is 12.0 Å². The first kappa shape index (κ1) is 14.2. The molecule has 1 N–H and O–H groups in total. The second-order valence-electron chi connectivity index (χ2n) is 4.54. The second-order valence-corrected chi connectivity index (χ2v) is 4.54. The van der Waals surface area contributed by atoms with Crippen LogP contribution < -0.4 is 5.32 Å². The first-order valence-corrected chi connectivity index (χ1v) is 6.76. The van der Waals surface area contributed by atoms with Gasteiger partial charge in [-0.05, 0) is 38.5 Å². The van der Waals surface area contributed by atoms with Crippen molar-refractivity contribution in [1.82, 2.24) is 10.2 Å². The van der Waals surface area contributed by atoms with Crippen LogP contribution in [0.15, 0.2) is 30.3 Å². The normalized spacial score (nSPS) is 12.9. The highest BCUT2D eigenvalue weighted by Gasteiger charge is 2.11. The average molecular weight is 234 g/mol. The lowest BCUT2D eigenvalue weighted by Crippen LogP contribution is -2.34. The van der Waals surface area contributed by atoms with Crippen LogP contribution in [0, 0.1) is 0 Å². The largest absolute Gasteiger partial charge is 0.317 e. The molecule has 2 heteroatoms. The topological polar surface area (TPSA) is 15.3 Å². The predicted molar refractivity (Wildman–Crippen MR) is 75.1 cm³/mol. The summed E-state index contributed by atoms with van der Waals surface area (Å²) in [6.45, 7) is 11.1. The lowest BCUT2D eigenvalue weighted by Gasteiger charge is -2.28. The maximum Gasteiger partial charge on any atom is 0.0236 e. The van der Waals surface area contributed by atoms with E-state index in [1.54, 1.807) is 0 Å². The molecular weight excluding hydrogens is 208 g/mol. The van der Waals surface area contributed by atoms with Crippen molar-refractivity contribution in [1.29, 1.82) is 0 Å². The van der Waals surface area contributed by atoms with Crippen LogP contribution in [0.3, 0.4) is 0 Å². The fourth-order valence-corrected chi connectivity index (χ4v) is 2.07. The predicted octanol–water partition coefficient (Wildman–Crippen LogP) is 2.90. The second kappa shape index (κ2) is 8.26. The molecule has 1 unspecified atom stereocenters. The molecule has 0 aliphatic heterocycles. The van der Waals surface area contributed by atoms with Crippen LogP contribution in [0.2, 0.25) is 0 Å². The van der Waals surface area contributed by atoms with E-state index < -0.39 is 0 Å². The van der Waals surface area contributed by atoms with Crippen molar-refractivity contribution >= 4 is 0 Å². The van der Waals surface area contributed by atoms with Crippen molar-refractivity contribution in [3.63, 3.8) is 0 Å². The maximum absolute atomic E-state index is 3.40. The monoisotopic (exact) mass is 234 g/mol. The fraction of sp³-hybridized carbons (Fsp3) is 0.600. The van der Waals surface area contributed by atoms with E-state index in [0.717, 1.165) is 26.2 Å². The molecule has 2 nitrogen and oxygen atoms in total. The van der Waals surface area contributed by atoms with Crippen molar-refractivity contribution in [2.24, 2.45) is 0 Å². The minimum Gasteiger partial charge on any atom is -0.317 e. The number of rotatable bonds is 8. The van der Waals surface area contributed by atoms with E-state index in [-0.39, 0.29) is 0 Å². The van der Waals surface area contributed by atoms with Crippen molar-refractivity contribution in [3.8, 4) is 0 Å². The molecular formula is C15H26N2. The summed E-state index contributed by atoms with van der Waals surface area (Å²) in [6, 6.07) is 11.4. The number of hydrogen-bond donors (Lipinski definition) is 1. The Morgan fingerprint density at radius 2 is 1.88 bits per heavy atom. The van der Waals surface area contributed by atoms with Gasteiger partial charge in [-0.1, -0.05) is 44.2 Å². The molecule has 1 rings (SSSR count). The Bertz CT molecular complexity index is 284. The Morgan fingerprint density at radius 3 is 2.47 bits per heavy atom. The summed E-state index contributed by atoms with van der Waals surface area (Å²) in [4.78, 5) is 2.53. The van der Waals surface area contributed by atoms with Gasteiger partial charge in [-0.25, -0.2) is 0 Å². The van der Waals surface area contributed by atoms with Crippen molar-refractivity contribution in [2.75, 3.05) is 19.6 Å². The molecule has 0 radical (unpaired) electrons. The lowest BCUT2D eigenvalue weighted by atomic mass is 10.1. The highest BCUT2D eigenvalue weighted by atomic mass is 15.1. The average Bonchev–Trinajstić information content (AvgIpc) is 2.37. The van der Waals surface area contributed by atoms with Crippen LogP contribution in [-0.4, -0.2) is 30.6 Å². The Kier molecular flexibility index (Phi) is 6.90. The summed E-state index contributed by atoms with van der Waals surface area (Å²) in [5.74, 6) is 0. The summed E-state index contributed by atoms with van der Waals surface area (Å²) in [6.07, 6.45) is 1.22. The SMILES string of the molecule is CCNCCC(C)N(CC)Cc1ccccc1. The van der Waals surface area contributed by atoms with Crippen molar-refractivity contribution < 1.29 is 0 Å². The van der Waals surface area contributed by atoms with E-state index in [0.29, 0.717) is 6.04 Å². The van der Waals surface area contributed by atoms with Gasteiger partial charge in [-0.15, -0.1) is 0 Å². The molecule has 0 saturated heterocycles. The highest BCUT2D eigenvalue weighted by Crippen LogP contribution is 2.09. The fourth-order valence-electron chi connectivity index (χ4n) is 2.07. The van der Waals surface area contributed by atoms with Gasteiger partial charge in [0.1, 0.15) is 0 Å². The molecule has 0 fully saturated rings. The Hall–Kier alpha value is -0.860. The van der Waals surface area contributed by atoms with Crippen molar-refractivity contribution in [3.05, 3.63) is 35.9 Å². The van der Waals surface area contributed by atoms with E-state index in [4.69, 9.17) is 0 Å². The molecule has 1 atom stereocenters. The molecule has 0 saturated carbocycles. The molecule has 17 heavy (non-hydrogen) atoms. The van der Waals surface area contributed by atoms with E-state index in [2.05, 4.69) is 61.3 Å². The van der Waals surface area contributed by atoms with Gasteiger partial charge in [0.05, 0.1) is 0 Å². The van der Waals surface area contributed by atoms with Crippen LogP contribution in [0.4, 0.5) is 0 Å². The first-order valence-electron chi connectivity index (χ1n) is 6.76. The maximum atomic E-state index is 3.40. The zero-order valence-electron chi connectivity index (χ0n) is 11.4. The molecule has 0 amide bonds. The van der Waals surface area contributed by atoms with Gasteiger partial charge in [0, 0.05) is 12.6 Å². The summed E-state index contributed by atoms with van der Waals surface area (Å²) in [7, 11) is 0. The smallest absolute Gasteiger partial charge is 0.0236 e. The minimum absolute atomic E-state index is 0.638. The van der Waals surface area contributed by atoms with Crippen LogP contribution in [0.1, 0.15) is 32.8 Å². The van der Waals surface area contributed by atoms with Gasteiger partial charge >= 0.3 is 0 Å². The van der Waals surface area contributed by atoms with Gasteiger partial charge in [-0.3, -0.25) is 4.90 Å². The van der Waals surface area contributed by atoms with Gasteiger partial charge in [0.25, 0.3) is 0 Å². The molecule has 1 aromatic carbocycles. The van der Waals surface area contributed by atoms with Crippen molar-refractivity contribution in [2.45, 2.75) is 39.8 Å². The summed E-state index contributed by atoms with van der Waals surface area (Å²) in [5.41, 5.74) is 1.41. The third-order valence-electron chi connectivity index (χ3n) is 3.25. The first-order chi connectivity index (χ1) is 8.27. The van der Waals surface area contributed by atoms with E-state index in [1.807, 2.05) is 0 Å². The third kappa shape index (κ3) is 5.33. The van der Waals surface area contributed by atoms with Gasteiger partial charge in [0.15, 0.2) is 0 Å². The molecule has 0 spiro atoms. The standard InChI is InChI=1S/C15H26N2/c1-4-16-12-11-14(3)17(5-2)13-15-9-7-6-8-10-15/h6-10,14,16H,4-5,11-13H2,1-3H3. The Labute approximate surface area is 106 Å². The third-order valence-corrected chi connectivity index (χ3v) is 3.25. The molecule has 0 aromatic heterocycles. The molecule has 0 aliphatic carbocycles. The van der Waals surface area contributed by atoms with Crippen LogP contribution >= 0.6 is 0 Å². The lowest BCUT2D eigenvalue weighted by molar-refractivity contribution is 0.200. The molecule has 0 heterocycles. The van der Waals surface area contributed by atoms with Gasteiger partial charge < -0.3 is 5.32 Å². The van der Waals surface area contributed by atoms with Crippen LogP contribution in [-0.2, 0) is 6.54 Å². The molecule has 0 bridgehead atoms. The minimum atomic E-state index is 0.638. The number of benzene rings is 1. The van der Waals surface area contributed by atoms with Gasteiger partial charge in [-0.2, -0.15) is 0 Å². The van der Waals surface area contributed by atoms with E-state index in [9.17, 15) is 0 Å². The summed E-state index contributed by atoms with van der Waals surface area (Å²) in [5, 5.41) is 3.40. The summed E-state index contributed by atoms with van der Waals surface area (Å²) >= 11 is 0. The number of nitrogens with zero attached hydrogens (tertiary/aromatic N) is 1. The molecule has 96 valence electrons. The molecule has 0 aliphatic rings. The van der Waals surface area contributed by atoms with E-state index >= 15 is 0 Å². The quantitative estimate of drug-likeness (QED) is 0.696. The number of nitrogens with one attached hydrogen (secondary N) is 1. The Morgan fingerprint density at radius 1 is 1.18 bits per heavy atom. The van der Waals surface area contributed by atoms with Gasteiger partial charge in [0.2, 0.25) is 0 Å². The Balaban J connectivity index is 2.42. The zero-order valence-corrected chi connectivity index (χ0v) is 11.4. The van der Waals surface area contributed by atoms with Crippen LogP contribution in [0.25, 0.3) is 0 Å². The number of hydrogen-bond acceptors (Lipinski definition) is 2. The zero-order chi connectivity index (χ0) is 12.5. The molecule has 1 aromatic rings. The highest BCUT2D eigenvalue weighted by molar-refractivity contribution is 5.14. The summed E-state index contributed by atoms with van der Waals surface area (Å²) < 4.78 is 0. The van der Waals surface area contributed by atoms with Crippen LogP contribution in [0.5, 0.6) is 0 Å².